The molecule has 3 aromatic rings. The summed E-state index contributed by atoms with van der Waals surface area (Å²) in [5.74, 6) is -0.186. The van der Waals surface area contributed by atoms with Crippen molar-refractivity contribution >= 4 is 45.7 Å². The molecule has 0 aliphatic heterocycles. The van der Waals surface area contributed by atoms with Crippen LogP contribution < -0.4 is 5.32 Å². The maximum absolute atomic E-state index is 12.4. The summed E-state index contributed by atoms with van der Waals surface area (Å²) in [5.41, 5.74) is 3.45. The highest BCUT2D eigenvalue weighted by Crippen LogP contribution is 2.27. The van der Waals surface area contributed by atoms with E-state index in [-0.39, 0.29) is 5.91 Å². The normalized spacial score (nSPS) is 10.9. The van der Waals surface area contributed by atoms with E-state index in [1.807, 2.05) is 36.6 Å². The van der Waals surface area contributed by atoms with Crippen molar-refractivity contribution in [1.82, 2.24) is 0 Å². The van der Waals surface area contributed by atoms with E-state index in [2.05, 4.69) is 10.3 Å². The van der Waals surface area contributed by atoms with Gasteiger partial charge in [-0.1, -0.05) is 41.4 Å². The summed E-state index contributed by atoms with van der Waals surface area (Å²) in [7, 11) is 0. The zero-order chi connectivity index (χ0) is 16.9. The average molecular weight is 355 g/mol. The lowest BCUT2D eigenvalue weighted by molar-refractivity contribution is 0.102. The highest BCUT2D eigenvalue weighted by molar-refractivity contribution is 7.14. The van der Waals surface area contributed by atoms with Gasteiger partial charge in [0.25, 0.3) is 5.91 Å². The number of thiophene rings is 1. The number of amides is 1. The fourth-order valence-electron chi connectivity index (χ4n) is 2.09. The Hall–Kier alpha value is -2.43. The first-order valence-electron chi connectivity index (χ1n) is 7.37. The van der Waals surface area contributed by atoms with E-state index in [0.29, 0.717) is 21.3 Å². The van der Waals surface area contributed by atoms with Crippen LogP contribution in [-0.2, 0) is 0 Å². The van der Waals surface area contributed by atoms with Crippen LogP contribution in [-0.4, -0.2) is 12.1 Å². The van der Waals surface area contributed by atoms with Crippen LogP contribution in [0.15, 0.2) is 65.0 Å². The van der Waals surface area contributed by atoms with E-state index >= 15 is 0 Å². The van der Waals surface area contributed by atoms with Crippen LogP contribution in [0.3, 0.4) is 0 Å². The number of rotatable bonds is 4. The molecular weight excluding hydrogens is 340 g/mol. The topological polar surface area (TPSA) is 41.5 Å². The van der Waals surface area contributed by atoms with Crippen LogP contribution in [0.25, 0.3) is 0 Å². The number of anilines is 1. The zero-order valence-electron chi connectivity index (χ0n) is 13.0. The van der Waals surface area contributed by atoms with Crippen LogP contribution in [0.1, 0.15) is 21.5 Å². The molecule has 24 heavy (non-hydrogen) atoms. The number of carbonyl (C=O) groups is 1. The van der Waals surface area contributed by atoms with Crippen molar-refractivity contribution in [1.29, 1.82) is 0 Å². The third kappa shape index (κ3) is 4.10. The molecule has 0 fully saturated rings. The average Bonchev–Trinajstić information content (AvgIpc) is 3.05. The van der Waals surface area contributed by atoms with E-state index < -0.39 is 0 Å². The molecule has 1 amide bonds. The van der Waals surface area contributed by atoms with E-state index in [0.717, 1.165) is 5.56 Å². The van der Waals surface area contributed by atoms with Gasteiger partial charge in [-0.05, 0) is 48.2 Å². The van der Waals surface area contributed by atoms with Gasteiger partial charge in [0.1, 0.15) is 5.00 Å². The number of hydrogen-bond donors (Lipinski definition) is 1. The summed E-state index contributed by atoms with van der Waals surface area (Å²) in [6.07, 6.45) is 1.77. The quantitative estimate of drug-likeness (QED) is 0.599. The molecule has 0 aliphatic carbocycles. The third-order valence-corrected chi connectivity index (χ3v) is 4.47. The molecule has 0 bridgehead atoms. The lowest BCUT2D eigenvalue weighted by Crippen LogP contribution is -2.10. The molecule has 3 nitrogen and oxygen atoms in total. The number of aliphatic imine (C=N–C) groups is 1. The standard InChI is InChI=1S/C19H15ClN2OS/c1-13-2-4-14(5-3-13)12-21-19-17(10-11-24-19)18(23)22-16-8-6-15(20)7-9-16/h2-12H,1H3,(H,22,23)/b21-12+. The Bertz CT molecular complexity index is 867. The molecule has 1 aromatic heterocycles. The Morgan fingerprint density at radius 1 is 1.08 bits per heavy atom. The van der Waals surface area contributed by atoms with Gasteiger partial charge < -0.3 is 5.32 Å². The molecule has 0 radical (unpaired) electrons. The molecular formula is C19H15ClN2OS. The number of halogens is 1. The van der Waals surface area contributed by atoms with Gasteiger partial charge >= 0.3 is 0 Å². The highest BCUT2D eigenvalue weighted by atomic mass is 35.5. The number of nitrogens with zero attached hydrogens (tertiary/aromatic N) is 1. The molecule has 1 heterocycles. The molecule has 1 N–H and O–H groups in total. The Morgan fingerprint density at radius 2 is 1.79 bits per heavy atom. The number of aryl methyl sites for hydroxylation is 1. The van der Waals surface area contributed by atoms with Crippen LogP contribution in [0.5, 0.6) is 0 Å². The maximum atomic E-state index is 12.4. The van der Waals surface area contributed by atoms with Crippen molar-refractivity contribution in [3.63, 3.8) is 0 Å². The Balaban J connectivity index is 1.75. The number of benzene rings is 2. The second-order valence-electron chi connectivity index (χ2n) is 5.27. The molecule has 120 valence electrons. The minimum Gasteiger partial charge on any atom is -0.322 e. The number of carbonyl (C=O) groups excluding carboxylic acids is 1. The van der Waals surface area contributed by atoms with Crippen LogP contribution in [0, 0.1) is 6.92 Å². The molecule has 2 aromatic carbocycles. The first-order valence-corrected chi connectivity index (χ1v) is 8.63. The van der Waals surface area contributed by atoms with Crippen molar-refractivity contribution in [2.45, 2.75) is 6.92 Å². The summed E-state index contributed by atoms with van der Waals surface area (Å²) >= 11 is 7.29. The van der Waals surface area contributed by atoms with E-state index in [4.69, 9.17) is 11.6 Å². The van der Waals surface area contributed by atoms with Crippen molar-refractivity contribution in [3.05, 3.63) is 81.7 Å². The van der Waals surface area contributed by atoms with Gasteiger partial charge in [-0.15, -0.1) is 11.3 Å². The predicted octanol–water partition coefficient (Wildman–Crippen LogP) is 5.71. The molecule has 0 spiro atoms. The van der Waals surface area contributed by atoms with Crippen molar-refractivity contribution < 1.29 is 4.79 Å². The molecule has 0 unspecified atom stereocenters. The molecule has 0 saturated carbocycles. The van der Waals surface area contributed by atoms with Gasteiger partial charge in [-0.2, -0.15) is 0 Å². The van der Waals surface area contributed by atoms with E-state index in [1.54, 1.807) is 36.5 Å². The zero-order valence-corrected chi connectivity index (χ0v) is 14.6. The van der Waals surface area contributed by atoms with E-state index in [9.17, 15) is 4.79 Å². The summed E-state index contributed by atoms with van der Waals surface area (Å²) < 4.78 is 0. The summed E-state index contributed by atoms with van der Waals surface area (Å²) in [6.45, 7) is 2.04. The Kier molecular flexibility index (Phi) is 5.08. The molecule has 0 aliphatic rings. The first kappa shape index (κ1) is 16.4. The summed E-state index contributed by atoms with van der Waals surface area (Å²) in [5, 5.41) is 6.03. The summed E-state index contributed by atoms with van der Waals surface area (Å²) in [6, 6.07) is 16.8. The van der Waals surface area contributed by atoms with Crippen LogP contribution in [0.4, 0.5) is 10.7 Å². The monoisotopic (exact) mass is 354 g/mol. The first-order chi connectivity index (χ1) is 11.6. The highest BCUT2D eigenvalue weighted by Gasteiger charge is 2.12. The predicted molar refractivity (Wildman–Crippen MR) is 102 cm³/mol. The SMILES string of the molecule is Cc1ccc(/C=N/c2sccc2C(=O)Nc2ccc(Cl)cc2)cc1. The van der Waals surface area contributed by atoms with Gasteiger partial charge in [0, 0.05) is 16.9 Å². The molecule has 0 atom stereocenters. The van der Waals surface area contributed by atoms with Crippen LogP contribution >= 0.6 is 22.9 Å². The van der Waals surface area contributed by atoms with Gasteiger partial charge in [-0.25, -0.2) is 4.99 Å². The smallest absolute Gasteiger partial charge is 0.258 e. The fourth-order valence-corrected chi connectivity index (χ4v) is 2.95. The second kappa shape index (κ2) is 7.43. The number of nitrogens with one attached hydrogen (secondary N) is 1. The van der Waals surface area contributed by atoms with Gasteiger partial charge in [0.05, 0.1) is 5.56 Å². The van der Waals surface area contributed by atoms with Gasteiger partial charge in [-0.3, -0.25) is 4.79 Å². The molecule has 0 saturated heterocycles. The summed E-state index contributed by atoms with van der Waals surface area (Å²) in [4.78, 5) is 16.9. The van der Waals surface area contributed by atoms with E-state index in [1.165, 1.54) is 16.9 Å². The van der Waals surface area contributed by atoms with Gasteiger partial charge in [0.2, 0.25) is 0 Å². The lowest BCUT2D eigenvalue weighted by atomic mass is 10.2. The lowest BCUT2D eigenvalue weighted by Gasteiger charge is -2.04. The van der Waals surface area contributed by atoms with Crippen molar-refractivity contribution in [3.8, 4) is 0 Å². The largest absolute Gasteiger partial charge is 0.322 e. The fraction of sp³-hybridized carbons (Fsp3) is 0.0526. The maximum Gasteiger partial charge on any atom is 0.258 e. The second-order valence-corrected chi connectivity index (χ2v) is 6.60. The minimum atomic E-state index is -0.186. The third-order valence-electron chi connectivity index (χ3n) is 3.40. The number of hydrogen-bond acceptors (Lipinski definition) is 3. The minimum absolute atomic E-state index is 0.186. The molecule has 5 heteroatoms. The van der Waals surface area contributed by atoms with Crippen LogP contribution in [0.2, 0.25) is 5.02 Å². The Labute approximate surface area is 149 Å². The van der Waals surface area contributed by atoms with Crippen molar-refractivity contribution in [2.75, 3.05) is 5.32 Å². The van der Waals surface area contributed by atoms with Crippen molar-refractivity contribution in [2.24, 2.45) is 4.99 Å². The Morgan fingerprint density at radius 3 is 2.50 bits per heavy atom. The van der Waals surface area contributed by atoms with Gasteiger partial charge in [0.15, 0.2) is 0 Å². The molecule has 3 rings (SSSR count).